The summed E-state index contributed by atoms with van der Waals surface area (Å²) in [6.45, 7) is 2.69. The lowest BCUT2D eigenvalue weighted by Crippen LogP contribution is -2.22. The number of aryl methyl sites for hydroxylation is 1. The van der Waals surface area contributed by atoms with Gasteiger partial charge in [0.25, 0.3) is 0 Å². The van der Waals surface area contributed by atoms with Gasteiger partial charge < -0.3 is 10.1 Å². The van der Waals surface area contributed by atoms with Gasteiger partial charge in [-0.1, -0.05) is 0 Å². The van der Waals surface area contributed by atoms with Gasteiger partial charge in [0, 0.05) is 38.8 Å². The number of anilines is 1. The largest absolute Gasteiger partial charge is 0.383 e. The van der Waals surface area contributed by atoms with Crippen LogP contribution in [0.25, 0.3) is 5.69 Å². The summed E-state index contributed by atoms with van der Waals surface area (Å²) in [6, 6.07) is 0.206. The highest BCUT2D eigenvalue weighted by molar-refractivity contribution is 5.39. The molecule has 0 bridgehead atoms. The highest BCUT2D eigenvalue weighted by atomic mass is 16.5. The van der Waals surface area contributed by atoms with Gasteiger partial charge in [0.1, 0.15) is 0 Å². The Hall–Kier alpha value is -1.82. The molecule has 1 atom stereocenters. The molecule has 0 amide bonds. The Labute approximate surface area is 100 Å². The van der Waals surface area contributed by atoms with Crippen LogP contribution in [-0.2, 0) is 11.8 Å². The lowest BCUT2D eigenvalue weighted by atomic mass is 10.4. The molecule has 1 N–H and O–H groups in total. The first-order chi connectivity index (χ1) is 8.20. The Morgan fingerprint density at radius 2 is 2.35 bits per heavy atom. The summed E-state index contributed by atoms with van der Waals surface area (Å²) in [6.07, 6.45) is 7.40. The maximum absolute atomic E-state index is 5.09. The van der Waals surface area contributed by atoms with Crippen LogP contribution in [0.3, 0.4) is 0 Å². The van der Waals surface area contributed by atoms with Crippen LogP contribution >= 0.6 is 0 Å². The van der Waals surface area contributed by atoms with Crippen LogP contribution in [0.1, 0.15) is 6.92 Å². The standard InChI is InChI=1S/C11H17N5O/c1-9(8-17-3)14-11-12-4-5-16(11)10-6-13-15(2)7-10/h4-7,9H,8H2,1-3H3,(H,12,14). The molecule has 1 unspecified atom stereocenters. The summed E-state index contributed by atoms with van der Waals surface area (Å²) in [5, 5.41) is 7.43. The van der Waals surface area contributed by atoms with E-state index >= 15 is 0 Å². The summed E-state index contributed by atoms with van der Waals surface area (Å²) in [5.74, 6) is 0.794. The van der Waals surface area contributed by atoms with E-state index in [1.54, 1.807) is 24.2 Å². The van der Waals surface area contributed by atoms with Gasteiger partial charge in [0.15, 0.2) is 0 Å². The molecule has 0 saturated heterocycles. The van der Waals surface area contributed by atoms with E-state index in [4.69, 9.17) is 4.74 Å². The molecule has 2 aromatic rings. The minimum absolute atomic E-state index is 0.206. The average Bonchev–Trinajstić information content (AvgIpc) is 2.87. The van der Waals surface area contributed by atoms with E-state index in [1.807, 2.05) is 30.9 Å². The Kier molecular flexibility index (Phi) is 3.43. The minimum atomic E-state index is 0.206. The first-order valence-electron chi connectivity index (χ1n) is 5.48. The molecule has 2 heterocycles. The van der Waals surface area contributed by atoms with Gasteiger partial charge in [0.05, 0.1) is 18.5 Å². The van der Waals surface area contributed by atoms with Crippen molar-refractivity contribution in [2.45, 2.75) is 13.0 Å². The SMILES string of the molecule is COCC(C)Nc1nccn1-c1cnn(C)c1. The van der Waals surface area contributed by atoms with Crippen molar-refractivity contribution in [1.29, 1.82) is 0 Å². The van der Waals surface area contributed by atoms with Gasteiger partial charge in [-0.05, 0) is 6.92 Å². The van der Waals surface area contributed by atoms with Crippen LogP contribution in [-0.4, -0.2) is 39.1 Å². The first-order valence-corrected chi connectivity index (χ1v) is 5.48. The van der Waals surface area contributed by atoms with E-state index in [0.29, 0.717) is 6.61 Å². The van der Waals surface area contributed by atoms with Crippen LogP contribution in [0, 0.1) is 0 Å². The van der Waals surface area contributed by atoms with Gasteiger partial charge in [-0.3, -0.25) is 9.25 Å². The summed E-state index contributed by atoms with van der Waals surface area (Å²) >= 11 is 0. The number of nitrogens with one attached hydrogen (secondary N) is 1. The molecule has 2 aromatic heterocycles. The number of hydrogen-bond donors (Lipinski definition) is 1. The lowest BCUT2D eigenvalue weighted by molar-refractivity contribution is 0.190. The molecule has 0 spiro atoms. The van der Waals surface area contributed by atoms with Crippen LogP contribution in [0.4, 0.5) is 5.95 Å². The third-order valence-corrected chi connectivity index (χ3v) is 2.40. The molecule has 92 valence electrons. The highest BCUT2D eigenvalue weighted by Crippen LogP contribution is 2.13. The molecule has 6 heteroatoms. The second-order valence-corrected chi connectivity index (χ2v) is 3.99. The fourth-order valence-electron chi connectivity index (χ4n) is 1.66. The second kappa shape index (κ2) is 5.01. The number of aromatic nitrogens is 4. The predicted octanol–water partition coefficient (Wildman–Crippen LogP) is 1.05. The number of imidazole rings is 1. The van der Waals surface area contributed by atoms with Crippen LogP contribution < -0.4 is 5.32 Å². The third kappa shape index (κ3) is 2.65. The molecular formula is C11H17N5O. The minimum Gasteiger partial charge on any atom is -0.383 e. The van der Waals surface area contributed by atoms with Gasteiger partial charge in [-0.25, -0.2) is 4.98 Å². The number of rotatable bonds is 5. The Morgan fingerprint density at radius 1 is 1.53 bits per heavy atom. The van der Waals surface area contributed by atoms with Gasteiger partial charge in [0.2, 0.25) is 5.95 Å². The molecule has 0 radical (unpaired) electrons. The molecule has 6 nitrogen and oxygen atoms in total. The van der Waals surface area contributed by atoms with E-state index in [0.717, 1.165) is 11.6 Å². The van der Waals surface area contributed by atoms with Gasteiger partial charge in [-0.15, -0.1) is 0 Å². The van der Waals surface area contributed by atoms with Crippen molar-refractivity contribution in [2.24, 2.45) is 7.05 Å². The quantitative estimate of drug-likeness (QED) is 0.841. The van der Waals surface area contributed by atoms with Crippen LogP contribution in [0.5, 0.6) is 0 Å². The maximum Gasteiger partial charge on any atom is 0.207 e. The molecule has 0 aromatic carbocycles. The third-order valence-electron chi connectivity index (χ3n) is 2.40. The topological polar surface area (TPSA) is 56.9 Å². The smallest absolute Gasteiger partial charge is 0.207 e. The number of nitrogens with zero attached hydrogens (tertiary/aromatic N) is 4. The highest BCUT2D eigenvalue weighted by Gasteiger charge is 2.09. The number of ether oxygens (including phenoxy) is 1. The van der Waals surface area contributed by atoms with Crippen molar-refractivity contribution in [2.75, 3.05) is 19.0 Å². The van der Waals surface area contributed by atoms with Gasteiger partial charge in [-0.2, -0.15) is 5.10 Å². The van der Waals surface area contributed by atoms with E-state index < -0.39 is 0 Å². The zero-order valence-corrected chi connectivity index (χ0v) is 10.3. The van der Waals surface area contributed by atoms with Crippen molar-refractivity contribution in [3.05, 3.63) is 24.8 Å². The van der Waals surface area contributed by atoms with Crippen molar-refractivity contribution in [3.63, 3.8) is 0 Å². The monoisotopic (exact) mass is 235 g/mol. The van der Waals surface area contributed by atoms with Crippen molar-refractivity contribution in [1.82, 2.24) is 19.3 Å². The number of methoxy groups -OCH3 is 1. The zero-order valence-electron chi connectivity index (χ0n) is 10.3. The van der Waals surface area contributed by atoms with Gasteiger partial charge >= 0.3 is 0 Å². The molecule has 0 fully saturated rings. The predicted molar refractivity (Wildman–Crippen MR) is 65.3 cm³/mol. The normalized spacial score (nSPS) is 12.6. The average molecular weight is 235 g/mol. The van der Waals surface area contributed by atoms with E-state index in [1.165, 1.54) is 0 Å². The Balaban J connectivity index is 2.17. The number of hydrogen-bond acceptors (Lipinski definition) is 4. The van der Waals surface area contributed by atoms with Crippen LogP contribution in [0.15, 0.2) is 24.8 Å². The molecule has 17 heavy (non-hydrogen) atoms. The molecule has 2 rings (SSSR count). The molecule has 0 aliphatic carbocycles. The summed E-state index contributed by atoms with van der Waals surface area (Å²) < 4.78 is 8.81. The Bertz CT molecular complexity index is 476. The van der Waals surface area contributed by atoms with Crippen molar-refractivity contribution < 1.29 is 4.74 Å². The lowest BCUT2D eigenvalue weighted by Gasteiger charge is -2.14. The van der Waals surface area contributed by atoms with Crippen molar-refractivity contribution >= 4 is 5.95 Å². The molecular weight excluding hydrogens is 218 g/mol. The fourth-order valence-corrected chi connectivity index (χ4v) is 1.66. The maximum atomic E-state index is 5.09. The first kappa shape index (κ1) is 11.7. The van der Waals surface area contributed by atoms with Crippen LogP contribution in [0.2, 0.25) is 0 Å². The van der Waals surface area contributed by atoms with E-state index in [2.05, 4.69) is 15.4 Å². The molecule has 0 saturated carbocycles. The molecule has 0 aliphatic rings. The van der Waals surface area contributed by atoms with E-state index in [-0.39, 0.29) is 6.04 Å². The molecule has 0 aliphatic heterocycles. The Morgan fingerprint density at radius 3 is 3.00 bits per heavy atom. The van der Waals surface area contributed by atoms with Crippen molar-refractivity contribution in [3.8, 4) is 5.69 Å². The van der Waals surface area contributed by atoms with E-state index in [9.17, 15) is 0 Å². The summed E-state index contributed by atoms with van der Waals surface area (Å²) in [7, 11) is 3.58. The second-order valence-electron chi connectivity index (χ2n) is 3.99. The fraction of sp³-hybridized carbons (Fsp3) is 0.455. The zero-order chi connectivity index (χ0) is 12.3. The summed E-state index contributed by atoms with van der Waals surface area (Å²) in [5.41, 5.74) is 0.983. The summed E-state index contributed by atoms with van der Waals surface area (Å²) in [4.78, 5) is 4.28.